The highest BCUT2D eigenvalue weighted by Gasteiger charge is 2.18. The molecule has 0 aromatic rings. The van der Waals surface area contributed by atoms with Crippen LogP contribution in [0, 0.1) is 0 Å². The van der Waals surface area contributed by atoms with E-state index in [2.05, 4.69) is 67.8 Å². The van der Waals surface area contributed by atoms with Crippen molar-refractivity contribution < 1.29 is 15.0 Å². The fourth-order valence-electron chi connectivity index (χ4n) is 9.48. The highest BCUT2D eigenvalue weighted by Crippen LogP contribution is 2.17. The summed E-state index contributed by atoms with van der Waals surface area (Å²) in [5.41, 5.74) is 0. The monoisotopic (exact) mass is 964 g/mol. The first kappa shape index (κ1) is 67.1. The molecule has 0 fully saturated rings. The number of hydrogen-bond donors (Lipinski definition) is 3. The van der Waals surface area contributed by atoms with Gasteiger partial charge in [0.15, 0.2) is 0 Å². The quantitative estimate of drug-likeness (QED) is 0.0420. The number of aliphatic hydroxyl groups excluding tert-OH is 2. The van der Waals surface area contributed by atoms with Crippen LogP contribution in [0.2, 0.25) is 0 Å². The van der Waals surface area contributed by atoms with Gasteiger partial charge in [0.1, 0.15) is 0 Å². The summed E-state index contributed by atoms with van der Waals surface area (Å²) in [6.45, 7) is 4.32. The van der Waals surface area contributed by atoms with Gasteiger partial charge in [0, 0.05) is 6.42 Å². The zero-order chi connectivity index (χ0) is 49.9. The van der Waals surface area contributed by atoms with Crippen LogP contribution < -0.4 is 5.32 Å². The number of unbranched alkanes of at least 4 members (excludes halogenated alkanes) is 42. The number of aliphatic hydroxyl groups is 2. The average Bonchev–Trinajstić information content (AvgIpc) is 3.35. The molecule has 0 aliphatic carbocycles. The molecule has 3 N–H and O–H groups in total. The van der Waals surface area contributed by atoms with Gasteiger partial charge < -0.3 is 15.5 Å². The van der Waals surface area contributed by atoms with Gasteiger partial charge in [-0.25, -0.2) is 0 Å². The number of allylic oxidation sites excluding steroid dienone is 9. The molecule has 404 valence electrons. The lowest BCUT2D eigenvalue weighted by atomic mass is 10.0. The molecule has 0 radical (unpaired) electrons. The minimum atomic E-state index is -0.873. The summed E-state index contributed by atoms with van der Waals surface area (Å²) in [5.74, 6) is -0.0744. The minimum Gasteiger partial charge on any atom is -0.394 e. The van der Waals surface area contributed by atoms with Crippen LogP contribution >= 0.6 is 0 Å². The van der Waals surface area contributed by atoms with Crippen molar-refractivity contribution in [3.63, 3.8) is 0 Å². The number of carbonyl (C=O) groups is 1. The van der Waals surface area contributed by atoms with E-state index >= 15 is 0 Å². The Balaban J connectivity index is 3.51. The molecule has 4 nitrogen and oxygen atoms in total. The second-order valence-corrected chi connectivity index (χ2v) is 21.1. The highest BCUT2D eigenvalue weighted by molar-refractivity contribution is 5.76. The third-order valence-corrected chi connectivity index (χ3v) is 14.2. The number of amides is 1. The smallest absolute Gasteiger partial charge is 0.220 e. The highest BCUT2D eigenvalue weighted by atomic mass is 16.3. The fraction of sp³-hybridized carbons (Fsp3) is 0.831. The van der Waals surface area contributed by atoms with Gasteiger partial charge in [0.25, 0.3) is 0 Å². The molecular formula is C65H121NO3. The standard InChI is InChI=1S/C65H121NO3/c1-3-5-7-9-11-13-15-17-19-21-23-25-27-29-30-31-32-33-34-35-36-37-39-41-43-45-47-49-51-53-55-57-59-61-65(69)66-63(62-67)64(68)60-58-56-54-52-50-48-46-44-42-40-38-28-26-24-22-20-18-16-14-12-10-8-6-4-2/h23,25,29-30,42,44,50,52,58,60,63-64,67-68H,3-22,24,26-28,31-41,43,45-49,51,53-57,59,61-62H2,1-2H3,(H,66,69)/b25-23-,30-29-,44-42+,52-50+,60-58+. The zero-order valence-corrected chi connectivity index (χ0v) is 46.6. The number of rotatable bonds is 57. The van der Waals surface area contributed by atoms with Gasteiger partial charge in [0.2, 0.25) is 5.91 Å². The molecule has 2 unspecified atom stereocenters. The molecule has 0 aliphatic heterocycles. The number of carbonyl (C=O) groups excluding carboxylic acids is 1. The van der Waals surface area contributed by atoms with Crippen LogP contribution in [0.15, 0.2) is 60.8 Å². The van der Waals surface area contributed by atoms with Crippen LogP contribution in [0.4, 0.5) is 0 Å². The SMILES string of the molecule is CCCCCCCCCCC/C=C\C/C=C\CCCCCCCCCCCCCCCCCCCC(=O)NC(CO)C(O)/C=C/CC/C=C/CC/C=C/CCCCCCCCCCCCCCCC. The lowest BCUT2D eigenvalue weighted by Gasteiger charge is -2.19. The van der Waals surface area contributed by atoms with Crippen LogP contribution in [-0.4, -0.2) is 34.9 Å². The summed E-state index contributed by atoms with van der Waals surface area (Å²) >= 11 is 0. The molecule has 0 aliphatic rings. The second kappa shape index (κ2) is 60.4. The van der Waals surface area contributed by atoms with Gasteiger partial charge in [-0.1, -0.05) is 306 Å². The van der Waals surface area contributed by atoms with Gasteiger partial charge in [-0.05, 0) is 77.0 Å². The maximum absolute atomic E-state index is 12.5. The largest absolute Gasteiger partial charge is 0.394 e. The molecular weight excluding hydrogens is 843 g/mol. The number of hydrogen-bond acceptors (Lipinski definition) is 3. The molecule has 0 aromatic carbocycles. The van der Waals surface area contributed by atoms with Crippen molar-refractivity contribution in [1.29, 1.82) is 0 Å². The fourth-order valence-corrected chi connectivity index (χ4v) is 9.48. The molecule has 0 spiro atoms. The van der Waals surface area contributed by atoms with E-state index in [0.29, 0.717) is 6.42 Å². The van der Waals surface area contributed by atoms with Crippen LogP contribution in [0.3, 0.4) is 0 Å². The maximum atomic E-state index is 12.5. The first-order chi connectivity index (χ1) is 34.2. The van der Waals surface area contributed by atoms with Gasteiger partial charge in [-0.15, -0.1) is 0 Å². The predicted octanol–water partition coefficient (Wildman–Crippen LogP) is 20.8. The first-order valence-corrected chi connectivity index (χ1v) is 31.0. The molecule has 0 rings (SSSR count). The molecule has 0 saturated carbocycles. The molecule has 69 heavy (non-hydrogen) atoms. The van der Waals surface area contributed by atoms with Crippen molar-refractivity contribution >= 4 is 5.91 Å². The van der Waals surface area contributed by atoms with Crippen LogP contribution in [0.1, 0.15) is 328 Å². The van der Waals surface area contributed by atoms with Crippen molar-refractivity contribution in [1.82, 2.24) is 5.32 Å². The molecule has 2 atom stereocenters. The zero-order valence-electron chi connectivity index (χ0n) is 46.6. The first-order valence-electron chi connectivity index (χ1n) is 31.0. The van der Waals surface area contributed by atoms with E-state index in [9.17, 15) is 15.0 Å². The molecule has 0 heterocycles. The number of nitrogens with one attached hydrogen (secondary N) is 1. The Hall–Kier alpha value is -1.91. The Kier molecular flexibility index (Phi) is 58.7. The lowest BCUT2D eigenvalue weighted by Crippen LogP contribution is -2.45. The van der Waals surface area contributed by atoms with Gasteiger partial charge >= 0.3 is 0 Å². The summed E-state index contributed by atoms with van der Waals surface area (Å²) in [6, 6.07) is -0.648. The van der Waals surface area contributed by atoms with E-state index < -0.39 is 12.1 Å². The second-order valence-electron chi connectivity index (χ2n) is 21.1. The minimum absolute atomic E-state index is 0.0744. The van der Waals surface area contributed by atoms with E-state index in [1.54, 1.807) is 6.08 Å². The van der Waals surface area contributed by atoms with Crippen molar-refractivity contribution in [2.45, 2.75) is 341 Å². The Bertz CT molecular complexity index is 1140. The van der Waals surface area contributed by atoms with Crippen molar-refractivity contribution in [3.05, 3.63) is 60.8 Å². The Morgan fingerprint density at radius 3 is 0.928 bits per heavy atom. The summed E-state index contributed by atoms with van der Waals surface area (Å²) in [7, 11) is 0. The van der Waals surface area contributed by atoms with E-state index in [1.165, 1.54) is 263 Å². The van der Waals surface area contributed by atoms with Gasteiger partial charge in [0.05, 0.1) is 18.8 Å². The normalized spacial score (nSPS) is 13.2. The average molecular weight is 965 g/mol. The Morgan fingerprint density at radius 1 is 0.348 bits per heavy atom. The van der Waals surface area contributed by atoms with Crippen molar-refractivity contribution in [3.8, 4) is 0 Å². The van der Waals surface area contributed by atoms with E-state index in [-0.39, 0.29) is 12.5 Å². The Labute approximate surface area is 432 Å². The third-order valence-electron chi connectivity index (χ3n) is 14.2. The summed E-state index contributed by atoms with van der Waals surface area (Å²) in [4.78, 5) is 12.5. The summed E-state index contributed by atoms with van der Waals surface area (Å²) < 4.78 is 0. The molecule has 0 aromatic heterocycles. The van der Waals surface area contributed by atoms with E-state index in [0.717, 1.165) is 44.9 Å². The van der Waals surface area contributed by atoms with Crippen molar-refractivity contribution in [2.24, 2.45) is 0 Å². The molecule has 0 saturated heterocycles. The van der Waals surface area contributed by atoms with Gasteiger partial charge in [-0.2, -0.15) is 0 Å². The van der Waals surface area contributed by atoms with Crippen LogP contribution in [-0.2, 0) is 4.79 Å². The third kappa shape index (κ3) is 56.9. The van der Waals surface area contributed by atoms with Gasteiger partial charge in [-0.3, -0.25) is 4.79 Å². The predicted molar refractivity (Wildman–Crippen MR) is 308 cm³/mol. The Morgan fingerprint density at radius 2 is 0.609 bits per heavy atom. The van der Waals surface area contributed by atoms with Crippen LogP contribution in [0.25, 0.3) is 0 Å². The molecule has 0 bridgehead atoms. The molecule has 4 heteroatoms. The van der Waals surface area contributed by atoms with E-state index in [1.807, 2.05) is 6.08 Å². The summed E-state index contributed by atoms with van der Waals surface area (Å²) in [5, 5.41) is 23.2. The summed E-state index contributed by atoms with van der Waals surface area (Å²) in [6.07, 6.45) is 85.6. The van der Waals surface area contributed by atoms with E-state index in [4.69, 9.17) is 0 Å². The lowest BCUT2D eigenvalue weighted by molar-refractivity contribution is -0.123. The van der Waals surface area contributed by atoms with Crippen LogP contribution in [0.5, 0.6) is 0 Å². The van der Waals surface area contributed by atoms with Crippen molar-refractivity contribution in [2.75, 3.05) is 6.61 Å². The topological polar surface area (TPSA) is 69.6 Å². The molecule has 1 amide bonds. The maximum Gasteiger partial charge on any atom is 0.220 e.